The van der Waals surface area contributed by atoms with Gasteiger partial charge in [0.2, 0.25) is 0 Å². The molecule has 6 heteroatoms. The third-order valence-electron chi connectivity index (χ3n) is 4.52. The molecule has 1 atom stereocenters. The van der Waals surface area contributed by atoms with E-state index in [1.54, 1.807) is 24.8 Å². The summed E-state index contributed by atoms with van der Waals surface area (Å²) >= 11 is 1.61. The van der Waals surface area contributed by atoms with Gasteiger partial charge in [0.25, 0.3) is 0 Å². The van der Waals surface area contributed by atoms with Crippen molar-refractivity contribution in [2.24, 2.45) is 0 Å². The highest BCUT2D eigenvalue weighted by Gasteiger charge is 2.19. The fourth-order valence-electron chi connectivity index (χ4n) is 3.35. The van der Waals surface area contributed by atoms with Gasteiger partial charge in [-0.25, -0.2) is 15.0 Å². The van der Waals surface area contributed by atoms with Gasteiger partial charge in [-0.05, 0) is 55.9 Å². The predicted octanol–water partition coefficient (Wildman–Crippen LogP) is 3.76. The van der Waals surface area contributed by atoms with E-state index in [9.17, 15) is 0 Å². The number of aromatic nitrogens is 3. The quantitative estimate of drug-likeness (QED) is 0.736. The fourth-order valence-corrected chi connectivity index (χ4v) is 4.10. The molecule has 1 aliphatic carbocycles. The van der Waals surface area contributed by atoms with E-state index in [2.05, 4.69) is 32.4 Å². The van der Waals surface area contributed by atoms with Gasteiger partial charge in [-0.3, -0.25) is 0 Å². The Bertz CT molecular complexity index is 877. The van der Waals surface area contributed by atoms with Gasteiger partial charge in [0.05, 0.1) is 12.1 Å². The van der Waals surface area contributed by atoms with Crippen LogP contribution in [0.4, 0.5) is 5.82 Å². The minimum absolute atomic E-state index is 0.361. The van der Waals surface area contributed by atoms with Crippen LogP contribution in [-0.2, 0) is 12.8 Å². The number of hydrogen-bond acceptors (Lipinski definition) is 6. The highest BCUT2D eigenvalue weighted by atomic mass is 32.1. The second-order valence-corrected chi connectivity index (χ2v) is 7.36. The van der Waals surface area contributed by atoms with Crippen LogP contribution in [0.2, 0.25) is 0 Å². The second-order valence-electron chi connectivity index (χ2n) is 6.18. The molecule has 0 radical (unpaired) electrons. The molecule has 0 amide bonds. The zero-order valence-electron chi connectivity index (χ0n) is 13.9. The first-order valence-electron chi connectivity index (χ1n) is 8.23. The summed E-state index contributed by atoms with van der Waals surface area (Å²) in [6, 6.07) is 6.77. The molecule has 1 unspecified atom stereocenters. The Morgan fingerprint density at radius 2 is 2.17 bits per heavy atom. The second kappa shape index (κ2) is 6.36. The van der Waals surface area contributed by atoms with Gasteiger partial charge in [0.1, 0.15) is 22.4 Å². The molecule has 0 saturated carbocycles. The third kappa shape index (κ3) is 2.94. The van der Waals surface area contributed by atoms with Crippen LogP contribution >= 0.6 is 11.3 Å². The molecule has 0 aliphatic heterocycles. The summed E-state index contributed by atoms with van der Waals surface area (Å²) in [5.41, 5.74) is 3.68. The van der Waals surface area contributed by atoms with Crippen LogP contribution in [0, 0.1) is 6.92 Å². The number of benzene rings is 1. The summed E-state index contributed by atoms with van der Waals surface area (Å²) in [7, 11) is 1.72. The predicted molar refractivity (Wildman–Crippen MR) is 97.0 cm³/mol. The van der Waals surface area contributed by atoms with E-state index < -0.39 is 0 Å². The van der Waals surface area contributed by atoms with E-state index in [1.807, 2.05) is 13.0 Å². The Hall–Kier alpha value is -2.21. The minimum Gasteiger partial charge on any atom is -0.497 e. The van der Waals surface area contributed by atoms with Gasteiger partial charge in [-0.15, -0.1) is 0 Å². The van der Waals surface area contributed by atoms with Gasteiger partial charge in [0, 0.05) is 6.04 Å². The summed E-state index contributed by atoms with van der Waals surface area (Å²) < 4.78 is 5.35. The third-order valence-corrected chi connectivity index (χ3v) is 5.40. The molecule has 5 nitrogen and oxygen atoms in total. The molecule has 0 bridgehead atoms. The lowest BCUT2D eigenvalue weighted by atomic mass is 10.0. The molecule has 1 aromatic carbocycles. The van der Waals surface area contributed by atoms with Crippen molar-refractivity contribution in [2.75, 3.05) is 12.4 Å². The van der Waals surface area contributed by atoms with Crippen molar-refractivity contribution >= 4 is 27.5 Å². The van der Waals surface area contributed by atoms with E-state index in [0.29, 0.717) is 6.04 Å². The number of methoxy groups -OCH3 is 1. The molecule has 3 aromatic rings. The number of ether oxygens (including phenoxy) is 1. The number of rotatable bonds is 3. The van der Waals surface area contributed by atoms with Gasteiger partial charge in [-0.1, -0.05) is 17.4 Å². The molecule has 4 rings (SSSR count). The monoisotopic (exact) mass is 340 g/mol. The molecule has 0 spiro atoms. The molecule has 124 valence electrons. The van der Waals surface area contributed by atoms with Crippen LogP contribution in [0.1, 0.15) is 29.0 Å². The standard InChI is InChI=1S/C18H20N4OS/c1-11-21-16-17(19-10-20-18(16)24-11)22-14-5-3-4-12-9-15(23-2)7-6-13(12)8-14/h6-7,9-10,14H,3-5,8H2,1-2H3,(H,19,20,22). The molecule has 2 heterocycles. The van der Waals surface area contributed by atoms with Crippen molar-refractivity contribution in [3.05, 3.63) is 40.7 Å². The van der Waals surface area contributed by atoms with Crippen LogP contribution in [-0.4, -0.2) is 28.1 Å². The molecule has 1 aliphatic rings. The lowest BCUT2D eigenvalue weighted by Gasteiger charge is -2.17. The molecule has 1 N–H and O–H groups in total. The Morgan fingerprint density at radius 3 is 3.04 bits per heavy atom. The molecule has 0 saturated heterocycles. The highest BCUT2D eigenvalue weighted by Crippen LogP contribution is 2.28. The van der Waals surface area contributed by atoms with Crippen molar-refractivity contribution in [3.8, 4) is 5.75 Å². The number of hydrogen-bond donors (Lipinski definition) is 1. The summed E-state index contributed by atoms with van der Waals surface area (Å²) in [5, 5.41) is 4.63. The lowest BCUT2D eigenvalue weighted by molar-refractivity contribution is 0.414. The van der Waals surface area contributed by atoms with E-state index in [4.69, 9.17) is 4.74 Å². The first kappa shape index (κ1) is 15.3. The maximum absolute atomic E-state index is 5.35. The summed E-state index contributed by atoms with van der Waals surface area (Å²) in [6.45, 7) is 2.01. The molecular formula is C18H20N4OS. The van der Waals surface area contributed by atoms with Crippen molar-refractivity contribution < 1.29 is 4.74 Å². The number of fused-ring (bicyclic) bond motifs is 2. The average Bonchev–Trinajstić information content (AvgIpc) is 2.85. The van der Waals surface area contributed by atoms with E-state index in [-0.39, 0.29) is 0 Å². The van der Waals surface area contributed by atoms with Crippen LogP contribution in [0.25, 0.3) is 10.3 Å². The van der Waals surface area contributed by atoms with Gasteiger partial charge in [0.15, 0.2) is 5.82 Å². The Kier molecular flexibility index (Phi) is 4.06. The van der Waals surface area contributed by atoms with Crippen molar-refractivity contribution in [3.63, 3.8) is 0 Å². The minimum atomic E-state index is 0.361. The summed E-state index contributed by atoms with van der Waals surface area (Å²) in [6.07, 6.45) is 5.99. The van der Waals surface area contributed by atoms with Crippen LogP contribution in [0.3, 0.4) is 0 Å². The maximum Gasteiger partial charge on any atom is 0.157 e. The summed E-state index contributed by atoms with van der Waals surface area (Å²) in [4.78, 5) is 14.3. The smallest absolute Gasteiger partial charge is 0.157 e. The van der Waals surface area contributed by atoms with Crippen LogP contribution < -0.4 is 10.1 Å². The molecule has 2 aromatic heterocycles. The van der Waals surface area contributed by atoms with Crippen molar-refractivity contribution in [1.29, 1.82) is 0 Å². The Balaban J connectivity index is 1.60. The number of thiazole rings is 1. The Labute approximate surface area is 145 Å². The number of nitrogens with one attached hydrogen (secondary N) is 1. The van der Waals surface area contributed by atoms with E-state index in [0.717, 1.165) is 52.6 Å². The molecule has 24 heavy (non-hydrogen) atoms. The maximum atomic E-state index is 5.35. The number of anilines is 1. The number of aryl methyl sites for hydroxylation is 2. The highest BCUT2D eigenvalue weighted by molar-refractivity contribution is 7.18. The summed E-state index contributed by atoms with van der Waals surface area (Å²) in [5.74, 6) is 1.79. The van der Waals surface area contributed by atoms with Crippen molar-refractivity contribution in [2.45, 2.75) is 38.6 Å². The first-order chi connectivity index (χ1) is 11.7. The zero-order valence-corrected chi connectivity index (χ0v) is 14.7. The topological polar surface area (TPSA) is 59.9 Å². The SMILES string of the molecule is COc1ccc2c(c1)CCCC(Nc1ncnc3sc(C)nc13)C2. The van der Waals surface area contributed by atoms with E-state index in [1.165, 1.54) is 11.1 Å². The zero-order chi connectivity index (χ0) is 16.5. The first-order valence-corrected chi connectivity index (χ1v) is 9.05. The normalized spacial score (nSPS) is 17.3. The van der Waals surface area contributed by atoms with Crippen molar-refractivity contribution in [1.82, 2.24) is 15.0 Å². The van der Waals surface area contributed by atoms with Gasteiger partial charge in [-0.2, -0.15) is 0 Å². The lowest BCUT2D eigenvalue weighted by Crippen LogP contribution is -2.22. The van der Waals surface area contributed by atoms with E-state index >= 15 is 0 Å². The largest absolute Gasteiger partial charge is 0.497 e. The van der Waals surface area contributed by atoms with Crippen LogP contribution in [0.5, 0.6) is 5.75 Å². The number of nitrogens with zero attached hydrogens (tertiary/aromatic N) is 3. The fraction of sp³-hybridized carbons (Fsp3) is 0.389. The van der Waals surface area contributed by atoms with Gasteiger partial charge < -0.3 is 10.1 Å². The Morgan fingerprint density at radius 1 is 1.25 bits per heavy atom. The average molecular weight is 340 g/mol. The molecule has 0 fully saturated rings. The van der Waals surface area contributed by atoms with Gasteiger partial charge >= 0.3 is 0 Å². The molecular weight excluding hydrogens is 320 g/mol. The van der Waals surface area contributed by atoms with Crippen LogP contribution in [0.15, 0.2) is 24.5 Å².